The highest BCUT2D eigenvalue weighted by Crippen LogP contribution is 2.17. The molecule has 1 atom stereocenters. The van der Waals surface area contributed by atoms with Crippen LogP contribution in [0.2, 0.25) is 5.02 Å². The highest BCUT2D eigenvalue weighted by Gasteiger charge is 2.28. The molecule has 4 nitrogen and oxygen atoms in total. The van der Waals surface area contributed by atoms with Crippen molar-refractivity contribution in [2.45, 2.75) is 32.4 Å². The molecule has 5 heteroatoms. The van der Waals surface area contributed by atoms with E-state index >= 15 is 0 Å². The van der Waals surface area contributed by atoms with Crippen molar-refractivity contribution in [3.8, 4) is 0 Å². The van der Waals surface area contributed by atoms with Gasteiger partial charge in [-0.1, -0.05) is 61.0 Å². The highest BCUT2D eigenvalue weighted by molar-refractivity contribution is 6.30. The van der Waals surface area contributed by atoms with Crippen LogP contribution < -0.4 is 5.32 Å². The second-order valence-corrected chi connectivity index (χ2v) is 6.26. The van der Waals surface area contributed by atoms with E-state index in [0.717, 1.165) is 11.1 Å². The molecule has 2 aromatic carbocycles. The maximum Gasteiger partial charge on any atom is 0.242 e. The van der Waals surface area contributed by atoms with Crippen molar-refractivity contribution < 1.29 is 9.59 Å². The molecule has 25 heavy (non-hydrogen) atoms. The summed E-state index contributed by atoms with van der Waals surface area (Å²) in [6.45, 7) is 2.18. The summed E-state index contributed by atoms with van der Waals surface area (Å²) in [6.07, 6.45) is 0.815. The molecular formula is C20H23ClN2O2. The van der Waals surface area contributed by atoms with Gasteiger partial charge in [-0.2, -0.15) is 0 Å². The average Bonchev–Trinajstić information content (AvgIpc) is 2.65. The maximum absolute atomic E-state index is 12.6. The fourth-order valence-electron chi connectivity index (χ4n) is 2.71. The number of hydrogen-bond acceptors (Lipinski definition) is 2. The third kappa shape index (κ3) is 5.33. The molecule has 0 aliphatic rings. The Morgan fingerprint density at radius 2 is 1.68 bits per heavy atom. The maximum atomic E-state index is 12.6. The smallest absolute Gasteiger partial charge is 0.242 e. The molecule has 0 aromatic heterocycles. The lowest BCUT2D eigenvalue weighted by molar-refractivity contribution is -0.140. The molecule has 0 fully saturated rings. The molecule has 132 valence electrons. The van der Waals surface area contributed by atoms with Crippen LogP contribution in [0.25, 0.3) is 0 Å². The molecule has 2 aromatic rings. The number of amides is 2. The van der Waals surface area contributed by atoms with Crippen LogP contribution in [0.15, 0.2) is 54.6 Å². The summed E-state index contributed by atoms with van der Waals surface area (Å²) in [4.78, 5) is 26.7. The van der Waals surface area contributed by atoms with Gasteiger partial charge in [-0.15, -0.1) is 0 Å². The molecule has 0 heterocycles. The second kappa shape index (κ2) is 9.23. The Balaban J connectivity index is 2.30. The summed E-state index contributed by atoms with van der Waals surface area (Å²) < 4.78 is 0. The van der Waals surface area contributed by atoms with E-state index in [1.807, 2.05) is 42.5 Å². The zero-order chi connectivity index (χ0) is 18.2. The van der Waals surface area contributed by atoms with Gasteiger partial charge in [0.1, 0.15) is 6.04 Å². The normalized spacial score (nSPS) is 11.6. The van der Waals surface area contributed by atoms with Gasteiger partial charge in [-0.3, -0.25) is 9.59 Å². The monoisotopic (exact) mass is 358 g/mol. The van der Waals surface area contributed by atoms with Gasteiger partial charge in [0.05, 0.1) is 0 Å². The third-order valence-corrected chi connectivity index (χ3v) is 4.34. The molecule has 0 spiro atoms. The Kier molecular flexibility index (Phi) is 7.02. The van der Waals surface area contributed by atoms with Gasteiger partial charge in [0.2, 0.25) is 11.8 Å². The number of halogens is 1. The lowest BCUT2D eigenvalue weighted by atomic mass is 10.0. The quantitative estimate of drug-likeness (QED) is 0.824. The first-order valence-electron chi connectivity index (χ1n) is 8.34. The van der Waals surface area contributed by atoms with E-state index in [-0.39, 0.29) is 11.8 Å². The van der Waals surface area contributed by atoms with Crippen molar-refractivity contribution in [2.75, 3.05) is 7.05 Å². The Morgan fingerprint density at radius 3 is 2.24 bits per heavy atom. The Hall–Kier alpha value is -2.33. The lowest BCUT2D eigenvalue weighted by Gasteiger charge is -2.31. The standard InChI is InChI=1S/C20H23ClN2O2/c1-3-19(24)23(14-16-9-11-17(21)12-10-16)18(20(25)22-2)13-15-7-5-4-6-8-15/h4-12,18H,3,13-14H2,1-2H3,(H,22,25)/t18-/m0/s1. The molecule has 0 radical (unpaired) electrons. The summed E-state index contributed by atoms with van der Waals surface area (Å²) in [5, 5.41) is 3.33. The van der Waals surface area contributed by atoms with Crippen molar-refractivity contribution in [3.05, 3.63) is 70.7 Å². The molecule has 1 N–H and O–H groups in total. The van der Waals surface area contributed by atoms with Gasteiger partial charge in [0.25, 0.3) is 0 Å². The van der Waals surface area contributed by atoms with Crippen LogP contribution in [0.3, 0.4) is 0 Å². The van der Waals surface area contributed by atoms with E-state index in [0.29, 0.717) is 24.4 Å². The molecular weight excluding hydrogens is 336 g/mol. The van der Waals surface area contributed by atoms with Crippen molar-refractivity contribution in [3.63, 3.8) is 0 Å². The van der Waals surface area contributed by atoms with Gasteiger partial charge < -0.3 is 10.2 Å². The molecule has 0 unspecified atom stereocenters. The minimum Gasteiger partial charge on any atom is -0.357 e. The number of likely N-dealkylation sites (N-methyl/N-ethyl adjacent to an activating group) is 1. The Labute approximate surface area is 153 Å². The lowest BCUT2D eigenvalue weighted by Crippen LogP contribution is -2.49. The van der Waals surface area contributed by atoms with E-state index < -0.39 is 6.04 Å². The number of nitrogens with zero attached hydrogens (tertiary/aromatic N) is 1. The van der Waals surface area contributed by atoms with E-state index in [1.54, 1.807) is 31.0 Å². The molecule has 0 bridgehead atoms. The summed E-state index contributed by atoms with van der Waals surface area (Å²) in [6, 6.07) is 16.5. The largest absolute Gasteiger partial charge is 0.357 e. The molecule has 0 aliphatic carbocycles. The van der Waals surface area contributed by atoms with Crippen molar-refractivity contribution in [1.82, 2.24) is 10.2 Å². The number of carbonyl (C=O) groups excluding carboxylic acids is 2. The van der Waals surface area contributed by atoms with Crippen LogP contribution in [0.4, 0.5) is 0 Å². The predicted molar refractivity (Wildman–Crippen MR) is 100 cm³/mol. The number of rotatable bonds is 7. The number of carbonyl (C=O) groups is 2. The van der Waals surface area contributed by atoms with Gasteiger partial charge in [0.15, 0.2) is 0 Å². The van der Waals surface area contributed by atoms with Crippen molar-refractivity contribution in [1.29, 1.82) is 0 Å². The predicted octanol–water partition coefficient (Wildman–Crippen LogP) is 3.44. The van der Waals surface area contributed by atoms with E-state index in [9.17, 15) is 9.59 Å². The molecule has 2 amide bonds. The number of nitrogens with one attached hydrogen (secondary N) is 1. The second-order valence-electron chi connectivity index (χ2n) is 5.82. The van der Waals surface area contributed by atoms with Crippen LogP contribution in [-0.4, -0.2) is 29.8 Å². The fourth-order valence-corrected chi connectivity index (χ4v) is 2.84. The summed E-state index contributed by atoms with van der Waals surface area (Å²) in [5.74, 6) is -0.223. The zero-order valence-corrected chi connectivity index (χ0v) is 15.3. The highest BCUT2D eigenvalue weighted by atomic mass is 35.5. The van der Waals surface area contributed by atoms with Gasteiger partial charge in [-0.25, -0.2) is 0 Å². The summed E-state index contributed by atoms with van der Waals surface area (Å²) in [5.41, 5.74) is 1.95. The van der Waals surface area contributed by atoms with Crippen molar-refractivity contribution >= 4 is 23.4 Å². The summed E-state index contributed by atoms with van der Waals surface area (Å²) in [7, 11) is 1.59. The fraction of sp³-hybridized carbons (Fsp3) is 0.300. The topological polar surface area (TPSA) is 49.4 Å². The zero-order valence-electron chi connectivity index (χ0n) is 14.5. The molecule has 2 rings (SSSR count). The van der Waals surface area contributed by atoms with Gasteiger partial charge >= 0.3 is 0 Å². The molecule has 0 saturated carbocycles. The third-order valence-electron chi connectivity index (χ3n) is 4.09. The minimum atomic E-state index is -0.560. The van der Waals surface area contributed by atoms with Crippen LogP contribution in [-0.2, 0) is 22.6 Å². The van der Waals surface area contributed by atoms with Gasteiger partial charge in [0, 0.05) is 31.5 Å². The molecule has 0 saturated heterocycles. The minimum absolute atomic E-state index is 0.0560. The van der Waals surface area contributed by atoms with E-state index in [4.69, 9.17) is 11.6 Å². The Bertz CT molecular complexity index is 701. The van der Waals surface area contributed by atoms with Crippen molar-refractivity contribution in [2.24, 2.45) is 0 Å². The SMILES string of the molecule is CCC(=O)N(Cc1ccc(Cl)cc1)[C@@H](Cc1ccccc1)C(=O)NC. The number of benzene rings is 2. The first-order valence-corrected chi connectivity index (χ1v) is 8.72. The Morgan fingerprint density at radius 1 is 1.04 bits per heavy atom. The number of hydrogen-bond donors (Lipinski definition) is 1. The van der Waals surface area contributed by atoms with Crippen LogP contribution >= 0.6 is 11.6 Å². The van der Waals surface area contributed by atoms with E-state index in [1.165, 1.54) is 0 Å². The average molecular weight is 359 g/mol. The van der Waals surface area contributed by atoms with Crippen LogP contribution in [0, 0.1) is 0 Å². The first-order chi connectivity index (χ1) is 12.0. The summed E-state index contributed by atoms with van der Waals surface area (Å²) >= 11 is 5.94. The first kappa shape index (κ1) is 19.0. The van der Waals surface area contributed by atoms with E-state index in [2.05, 4.69) is 5.32 Å². The van der Waals surface area contributed by atoms with Crippen LogP contribution in [0.5, 0.6) is 0 Å². The molecule has 0 aliphatic heterocycles. The van der Waals surface area contributed by atoms with Crippen LogP contribution in [0.1, 0.15) is 24.5 Å². The van der Waals surface area contributed by atoms with Gasteiger partial charge in [-0.05, 0) is 23.3 Å².